The van der Waals surface area contributed by atoms with Gasteiger partial charge in [-0.2, -0.15) is 4.39 Å². The summed E-state index contributed by atoms with van der Waals surface area (Å²) in [5, 5.41) is -0.561. The van der Waals surface area contributed by atoms with Crippen LogP contribution in [0.2, 0.25) is 0 Å². The fraction of sp³-hybridized carbons (Fsp3) is 0.750. The molecule has 0 heterocycles. The molecule has 0 atom stereocenters. The Hall–Kier alpha value is 0.590. The zero-order chi connectivity index (χ0) is 11.4. The molecule has 0 aromatic carbocycles. The molecule has 0 aliphatic heterocycles. The van der Waals surface area contributed by atoms with Crippen LogP contribution in [0.15, 0.2) is 11.7 Å². The summed E-state index contributed by atoms with van der Waals surface area (Å²) in [6.45, 7) is 10.5. The molecule has 0 unspecified atom stereocenters. The summed E-state index contributed by atoms with van der Waals surface area (Å²) in [7, 11) is 0. The minimum absolute atomic E-state index is 0.0774. The number of halogens is 1. The predicted octanol–water partition coefficient (Wildman–Crippen LogP) is 4.23. The Morgan fingerprint density at radius 1 is 1.29 bits per heavy atom. The van der Waals surface area contributed by atoms with Gasteiger partial charge in [0.25, 0.3) is 5.69 Å². The Balaban J connectivity index is 4.49. The van der Waals surface area contributed by atoms with E-state index >= 15 is 0 Å². The molecular formula is C8H16FO2PS2. The van der Waals surface area contributed by atoms with Crippen LogP contribution in [-0.2, 0) is 20.9 Å². The molecule has 0 bridgehead atoms. The van der Waals surface area contributed by atoms with Crippen molar-refractivity contribution in [1.82, 2.24) is 0 Å². The molecule has 0 amide bonds. The highest BCUT2D eigenvalue weighted by molar-refractivity contribution is 8.69. The minimum atomic E-state index is -2.61. The average molecular weight is 258 g/mol. The molecule has 0 aromatic rings. The van der Waals surface area contributed by atoms with Gasteiger partial charge >= 0.3 is 0 Å². The Bertz CT molecular complexity index is 229. The van der Waals surface area contributed by atoms with Crippen LogP contribution in [0.4, 0.5) is 4.39 Å². The number of hydrogen-bond donors (Lipinski definition) is 0. The molecule has 6 heteroatoms. The smallest absolute Gasteiger partial charge is 0.254 e. The lowest BCUT2D eigenvalue weighted by Gasteiger charge is -2.24. The van der Waals surface area contributed by atoms with Gasteiger partial charge in [-0.3, -0.25) is 0 Å². The Morgan fingerprint density at radius 2 is 1.64 bits per heavy atom. The maximum atomic E-state index is 12.7. The van der Waals surface area contributed by atoms with Gasteiger partial charge in [-0.05, 0) is 50.9 Å². The van der Waals surface area contributed by atoms with Gasteiger partial charge in [0.2, 0.25) is 0 Å². The minimum Gasteiger partial charge on any atom is -0.319 e. The van der Waals surface area contributed by atoms with Crippen molar-refractivity contribution in [2.45, 2.75) is 39.9 Å². The van der Waals surface area contributed by atoms with Crippen molar-refractivity contribution < 1.29 is 13.4 Å². The van der Waals surface area contributed by atoms with Crippen LogP contribution in [0.3, 0.4) is 0 Å². The normalized spacial score (nSPS) is 12.5. The zero-order valence-corrected chi connectivity index (χ0v) is 11.3. The fourth-order valence-electron chi connectivity index (χ4n) is 0.706. The molecule has 84 valence electrons. The fourth-order valence-corrected chi connectivity index (χ4v) is 5.90. The third-order valence-corrected chi connectivity index (χ3v) is 5.64. The van der Waals surface area contributed by atoms with Gasteiger partial charge in [-0.15, -0.1) is 0 Å². The van der Waals surface area contributed by atoms with E-state index in [-0.39, 0.29) is 12.2 Å². The van der Waals surface area contributed by atoms with Gasteiger partial charge in [0.15, 0.2) is 5.16 Å². The topological polar surface area (TPSA) is 18.5 Å². The molecule has 0 saturated carbocycles. The average Bonchev–Trinajstić information content (AvgIpc) is 1.76. The van der Waals surface area contributed by atoms with Crippen LogP contribution < -0.4 is 0 Å². The number of hydrogen-bond acceptors (Lipinski definition) is 4. The SMILES string of the molecule is C=C(F)SP(=S)(OC(C)C)OC(C)C. The van der Waals surface area contributed by atoms with E-state index < -0.39 is 10.9 Å². The van der Waals surface area contributed by atoms with E-state index in [1.807, 2.05) is 27.7 Å². The first kappa shape index (κ1) is 14.6. The summed E-state index contributed by atoms with van der Waals surface area (Å²) in [4.78, 5) is 0. The molecule has 0 aliphatic carbocycles. The molecule has 0 radical (unpaired) electrons. The Labute approximate surface area is 94.2 Å². The molecule has 14 heavy (non-hydrogen) atoms. The molecule has 2 nitrogen and oxygen atoms in total. The maximum Gasteiger partial charge on any atom is 0.254 e. The van der Waals surface area contributed by atoms with Gasteiger partial charge in [-0.25, -0.2) is 0 Å². The maximum absolute atomic E-state index is 12.7. The lowest BCUT2D eigenvalue weighted by Crippen LogP contribution is -2.05. The van der Waals surface area contributed by atoms with Gasteiger partial charge in [0.05, 0.1) is 12.2 Å². The van der Waals surface area contributed by atoms with Crippen LogP contribution >= 0.6 is 17.1 Å². The predicted molar refractivity (Wildman–Crippen MR) is 64.6 cm³/mol. The van der Waals surface area contributed by atoms with E-state index in [9.17, 15) is 4.39 Å². The highest BCUT2D eigenvalue weighted by Gasteiger charge is 2.25. The van der Waals surface area contributed by atoms with Gasteiger partial charge < -0.3 is 9.05 Å². The first-order valence-electron chi connectivity index (χ1n) is 4.26. The van der Waals surface area contributed by atoms with Crippen molar-refractivity contribution in [1.29, 1.82) is 0 Å². The van der Waals surface area contributed by atoms with Crippen LogP contribution in [0.5, 0.6) is 0 Å². The molecule has 0 N–H and O–H groups in total. The molecule has 0 saturated heterocycles. The van der Waals surface area contributed by atoms with Crippen molar-refractivity contribution in [3.63, 3.8) is 0 Å². The Kier molecular flexibility index (Phi) is 6.50. The standard InChI is InChI=1S/C8H16FO2PS2/c1-6(2)10-12(13,11-7(3)4)14-8(5)9/h6-7H,5H2,1-4H3. The van der Waals surface area contributed by atoms with Crippen molar-refractivity contribution >= 4 is 28.9 Å². The summed E-state index contributed by atoms with van der Waals surface area (Å²) in [6.07, 6.45) is -0.155. The molecule has 0 spiro atoms. The summed E-state index contributed by atoms with van der Waals surface area (Å²) < 4.78 is 23.5. The van der Waals surface area contributed by atoms with Crippen LogP contribution in [-0.4, -0.2) is 12.2 Å². The lowest BCUT2D eigenvalue weighted by atomic mass is 10.5. The molecule has 0 fully saturated rings. The third kappa shape index (κ3) is 6.96. The van der Waals surface area contributed by atoms with Crippen LogP contribution in [0.25, 0.3) is 0 Å². The van der Waals surface area contributed by atoms with Gasteiger partial charge in [-0.1, -0.05) is 6.58 Å². The first-order chi connectivity index (χ1) is 6.25. The lowest BCUT2D eigenvalue weighted by molar-refractivity contribution is 0.186. The monoisotopic (exact) mass is 258 g/mol. The Morgan fingerprint density at radius 3 is 1.86 bits per heavy atom. The van der Waals surface area contributed by atoms with Crippen LogP contribution in [0, 0.1) is 0 Å². The van der Waals surface area contributed by atoms with Crippen molar-refractivity contribution in [3.8, 4) is 0 Å². The molecule has 0 rings (SSSR count). The molecule has 0 aliphatic rings. The zero-order valence-electron chi connectivity index (χ0n) is 8.82. The summed E-state index contributed by atoms with van der Waals surface area (Å²) in [5.41, 5.74) is -2.61. The van der Waals surface area contributed by atoms with Gasteiger partial charge in [0, 0.05) is 0 Å². The van der Waals surface area contributed by atoms with E-state index in [1.165, 1.54) is 0 Å². The van der Waals surface area contributed by atoms with E-state index in [4.69, 9.17) is 20.9 Å². The van der Waals surface area contributed by atoms with E-state index in [2.05, 4.69) is 6.58 Å². The first-order valence-corrected chi connectivity index (χ1v) is 8.32. The molecule has 0 aromatic heterocycles. The van der Waals surface area contributed by atoms with Crippen molar-refractivity contribution in [2.75, 3.05) is 0 Å². The highest BCUT2D eigenvalue weighted by atomic mass is 32.9. The second-order valence-corrected chi connectivity index (χ2v) is 9.27. The molecular weight excluding hydrogens is 242 g/mol. The number of rotatable bonds is 6. The summed E-state index contributed by atoms with van der Waals surface area (Å²) >= 11 is 5.94. The van der Waals surface area contributed by atoms with E-state index in [0.29, 0.717) is 0 Å². The summed E-state index contributed by atoms with van der Waals surface area (Å²) in [6, 6.07) is 0. The summed E-state index contributed by atoms with van der Waals surface area (Å²) in [5.74, 6) is 0. The third-order valence-electron chi connectivity index (χ3n) is 0.891. The van der Waals surface area contributed by atoms with Crippen LogP contribution in [0.1, 0.15) is 27.7 Å². The van der Waals surface area contributed by atoms with E-state index in [0.717, 1.165) is 11.4 Å². The second-order valence-electron chi connectivity index (χ2n) is 3.20. The second kappa shape index (κ2) is 6.23. The highest BCUT2D eigenvalue weighted by Crippen LogP contribution is 2.65. The van der Waals surface area contributed by atoms with E-state index in [1.54, 1.807) is 0 Å². The quantitative estimate of drug-likeness (QED) is 0.663. The van der Waals surface area contributed by atoms with Gasteiger partial charge in [0.1, 0.15) is 0 Å². The largest absolute Gasteiger partial charge is 0.319 e. The van der Waals surface area contributed by atoms with Crippen molar-refractivity contribution in [3.05, 3.63) is 11.7 Å². The van der Waals surface area contributed by atoms with Crippen molar-refractivity contribution in [2.24, 2.45) is 0 Å².